The smallest absolute Gasteiger partial charge is 0.330 e. The van der Waals surface area contributed by atoms with Gasteiger partial charge in [-0.15, -0.1) is 0 Å². The largest absolute Gasteiger partial charge is 0.461 e. The lowest BCUT2D eigenvalue weighted by molar-refractivity contribution is -0.137. The van der Waals surface area contributed by atoms with Gasteiger partial charge < -0.3 is 24.8 Å². The molecule has 96 valence electrons. The van der Waals surface area contributed by atoms with Crippen molar-refractivity contribution in [2.24, 2.45) is 0 Å². The second-order valence-corrected chi connectivity index (χ2v) is 3.74. The van der Waals surface area contributed by atoms with Crippen LogP contribution >= 0.6 is 12.2 Å². The molecule has 6 nitrogen and oxygen atoms in total. The van der Waals surface area contributed by atoms with Crippen LogP contribution < -0.4 is 10.6 Å². The summed E-state index contributed by atoms with van der Waals surface area (Å²) in [5.74, 6) is -0.445. The quantitative estimate of drug-likeness (QED) is 0.300. The van der Waals surface area contributed by atoms with Crippen molar-refractivity contribution in [3.8, 4) is 0 Å². The molecule has 0 aromatic heterocycles. The Labute approximate surface area is 105 Å². The first-order valence-electron chi connectivity index (χ1n) is 5.21. The van der Waals surface area contributed by atoms with E-state index >= 15 is 0 Å². The van der Waals surface area contributed by atoms with E-state index in [1.54, 1.807) is 0 Å². The average Bonchev–Trinajstić information content (AvgIpc) is 2.35. The van der Waals surface area contributed by atoms with Crippen molar-refractivity contribution in [1.29, 1.82) is 0 Å². The van der Waals surface area contributed by atoms with Gasteiger partial charge in [-0.3, -0.25) is 0 Å². The molecule has 1 heterocycles. The summed E-state index contributed by atoms with van der Waals surface area (Å²) in [7, 11) is 0. The Kier molecular flexibility index (Phi) is 6.53. The van der Waals surface area contributed by atoms with Gasteiger partial charge in [0.05, 0.1) is 25.8 Å². The lowest BCUT2D eigenvalue weighted by Crippen LogP contribution is -2.48. The summed E-state index contributed by atoms with van der Waals surface area (Å²) in [5, 5.41) is 6.42. The molecule has 0 bridgehead atoms. The summed E-state index contributed by atoms with van der Waals surface area (Å²) in [5.41, 5.74) is 0. The van der Waals surface area contributed by atoms with E-state index in [1.165, 1.54) is 0 Å². The van der Waals surface area contributed by atoms with E-state index in [4.69, 9.17) is 26.4 Å². The summed E-state index contributed by atoms with van der Waals surface area (Å²) in [6.07, 6.45) is 1.12. The lowest BCUT2D eigenvalue weighted by Gasteiger charge is -2.24. The van der Waals surface area contributed by atoms with Crippen LogP contribution in [0.1, 0.15) is 0 Å². The van der Waals surface area contributed by atoms with E-state index in [0.29, 0.717) is 31.7 Å². The highest BCUT2D eigenvalue weighted by Gasteiger charge is 2.14. The molecule has 0 aromatic rings. The molecule has 0 atom stereocenters. The zero-order valence-corrected chi connectivity index (χ0v) is 10.3. The Hall–Kier alpha value is -1.18. The fourth-order valence-corrected chi connectivity index (χ4v) is 1.45. The zero-order chi connectivity index (χ0) is 12.5. The standard InChI is InChI=1S/C10H16N2O4S/c1-2-9(13)16-4-3-11-10(17)12-8-5-14-7-15-6-8/h2,8H,1,3-7H2,(H2,11,12,17). The van der Waals surface area contributed by atoms with Gasteiger partial charge in [-0.1, -0.05) is 6.58 Å². The summed E-state index contributed by atoms with van der Waals surface area (Å²) in [6, 6.07) is 0.0551. The highest BCUT2D eigenvalue weighted by molar-refractivity contribution is 7.80. The van der Waals surface area contributed by atoms with Crippen LogP contribution in [-0.2, 0) is 19.0 Å². The van der Waals surface area contributed by atoms with Crippen LogP contribution in [0.3, 0.4) is 0 Å². The summed E-state index contributed by atoms with van der Waals surface area (Å²) in [6.45, 7) is 5.43. The van der Waals surface area contributed by atoms with E-state index in [9.17, 15) is 4.79 Å². The second-order valence-electron chi connectivity index (χ2n) is 3.33. The number of esters is 1. The van der Waals surface area contributed by atoms with Crippen molar-refractivity contribution in [3.05, 3.63) is 12.7 Å². The molecule has 1 fully saturated rings. The Bertz CT molecular complexity index is 279. The normalized spacial score (nSPS) is 16.0. The number of carbonyl (C=O) groups is 1. The van der Waals surface area contributed by atoms with Crippen LogP contribution in [0.25, 0.3) is 0 Å². The van der Waals surface area contributed by atoms with E-state index in [0.717, 1.165) is 6.08 Å². The molecular weight excluding hydrogens is 244 g/mol. The molecule has 0 radical (unpaired) electrons. The summed E-state index contributed by atoms with van der Waals surface area (Å²) >= 11 is 5.05. The monoisotopic (exact) mass is 260 g/mol. The van der Waals surface area contributed by atoms with Crippen molar-refractivity contribution in [3.63, 3.8) is 0 Å². The molecule has 7 heteroatoms. The number of thiocarbonyl (C=S) groups is 1. The molecule has 0 aromatic carbocycles. The Morgan fingerprint density at radius 3 is 2.88 bits per heavy atom. The first-order valence-corrected chi connectivity index (χ1v) is 5.62. The predicted octanol–water partition coefficient (Wildman–Crippen LogP) is -0.447. The Morgan fingerprint density at radius 2 is 2.24 bits per heavy atom. The number of hydrogen-bond acceptors (Lipinski definition) is 5. The fraction of sp³-hybridized carbons (Fsp3) is 0.600. The van der Waals surface area contributed by atoms with Gasteiger partial charge in [-0.25, -0.2) is 4.79 Å². The summed E-state index contributed by atoms with van der Waals surface area (Å²) < 4.78 is 15.0. The number of nitrogens with one attached hydrogen (secondary N) is 2. The molecule has 2 N–H and O–H groups in total. The SMILES string of the molecule is C=CC(=O)OCCNC(=S)NC1COCOC1. The number of carbonyl (C=O) groups excluding carboxylic acids is 1. The van der Waals surface area contributed by atoms with Crippen molar-refractivity contribution in [2.45, 2.75) is 6.04 Å². The topological polar surface area (TPSA) is 68.8 Å². The third-order valence-corrected chi connectivity index (χ3v) is 2.20. The summed E-state index contributed by atoms with van der Waals surface area (Å²) in [4.78, 5) is 10.7. The van der Waals surface area contributed by atoms with Gasteiger partial charge in [0.15, 0.2) is 5.11 Å². The molecule has 17 heavy (non-hydrogen) atoms. The first kappa shape index (κ1) is 13.9. The van der Waals surface area contributed by atoms with Gasteiger partial charge in [0, 0.05) is 6.08 Å². The van der Waals surface area contributed by atoms with Crippen molar-refractivity contribution in [1.82, 2.24) is 10.6 Å². The minimum atomic E-state index is -0.445. The van der Waals surface area contributed by atoms with E-state index in [-0.39, 0.29) is 12.6 Å². The molecule has 0 amide bonds. The molecule has 1 aliphatic heterocycles. The number of hydrogen-bond donors (Lipinski definition) is 2. The van der Waals surface area contributed by atoms with Crippen LogP contribution in [0.4, 0.5) is 0 Å². The van der Waals surface area contributed by atoms with Gasteiger partial charge in [-0.2, -0.15) is 0 Å². The highest BCUT2D eigenvalue weighted by Crippen LogP contribution is 1.95. The minimum Gasteiger partial charge on any atom is -0.461 e. The molecule has 0 spiro atoms. The Morgan fingerprint density at radius 1 is 1.53 bits per heavy atom. The van der Waals surface area contributed by atoms with Gasteiger partial charge in [-0.05, 0) is 12.2 Å². The third-order valence-electron chi connectivity index (χ3n) is 1.94. The number of rotatable bonds is 5. The second kappa shape index (κ2) is 7.99. The molecular formula is C10H16N2O4S. The third kappa shape index (κ3) is 6.20. The predicted molar refractivity (Wildman–Crippen MR) is 65.5 cm³/mol. The molecule has 0 aliphatic carbocycles. The average molecular weight is 260 g/mol. The van der Waals surface area contributed by atoms with E-state index in [2.05, 4.69) is 17.2 Å². The van der Waals surface area contributed by atoms with E-state index in [1.807, 2.05) is 0 Å². The molecule has 0 unspecified atom stereocenters. The van der Waals surface area contributed by atoms with Gasteiger partial charge >= 0.3 is 5.97 Å². The van der Waals surface area contributed by atoms with Crippen LogP contribution in [0.15, 0.2) is 12.7 Å². The molecule has 1 saturated heterocycles. The highest BCUT2D eigenvalue weighted by atomic mass is 32.1. The van der Waals surface area contributed by atoms with Crippen molar-refractivity contribution in [2.75, 3.05) is 33.2 Å². The van der Waals surface area contributed by atoms with Crippen molar-refractivity contribution < 1.29 is 19.0 Å². The van der Waals surface area contributed by atoms with Gasteiger partial charge in [0.25, 0.3) is 0 Å². The van der Waals surface area contributed by atoms with Crippen LogP contribution in [-0.4, -0.2) is 50.3 Å². The van der Waals surface area contributed by atoms with E-state index < -0.39 is 5.97 Å². The maximum atomic E-state index is 10.7. The van der Waals surface area contributed by atoms with Crippen LogP contribution in [0.5, 0.6) is 0 Å². The maximum absolute atomic E-state index is 10.7. The Balaban J connectivity index is 2.04. The minimum absolute atomic E-state index is 0.0551. The van der Waals surface area contributed by atoms with Crippen molar-refractivity contribution >= 4 is 23.3 Å². The fourth-order valence-electron chi connectivity index (χ4n) is 1.18. The maximum Gasteiger partial charge on any atom is 0.330 e. The zero-order valence-electron chi connectivity index (χ0n) is 9.44. The van der Waals surface area contributed by atoms with Crippen LogP contribution in [0, 0.1) is 0 Å². The van der Waals surface area contributed by atoms with Crippen LogP contribution in [0.2, 0.25) is 0 Å². The molecule has 1 aliphatic rings. The first-order chi connectivity index (χ1) is 8.22. The molecule has 0 saturated carbocycles. The van der Waals surface area contributed by atoms with Gasteiger partial charge in [0.2, 0.25) is 0 Å². The van der Waals surface area contributed by atoms with Gasteiger partial charge in [0.1, 0.15) is 13.4 Å². The molecule has 1 rings (SSSR count). The lowest BCUT2D eigenvalue weighted by atomic mass is 10.3. The number of ether oxygens (including phenoxy) is 3.